The molecule has 1 aliphatic rings. The molecule has 0 unspecified atom stereocenters. The highest BCUT2D eigenvalue weighted by Gasteiger charge is 2.26. The average molecular weight is 267 g/mol. The van der Waals surface area contributed by atoms with Crippen LogP contribution in [0.15, 0.2) is 24.3 Å². The van der Waals surface area contributed by atoms with Crippen LogP contribution < -0.4 is 10.6 Å². The van der Waals surface area contributed by atoms with E-state index in [4.69, 9.17) is 11.6 Å². The van der Waals surface area contributed by atoms with Gasteiger partial charge >= 0.3 is 0 Å². The molecule has 1 saturated carbocycles. The standard InChI is InChI=1S/C14H19ClN2O/c1-9(12-5-3-4-6-13(12)15)16-10(2)14(18)17-11-7-8-11/h3-6,9-11,16H,7-8H2,1-2H3,(H,17,18)/t9-,10-/m1/s1. The molecule has 1 amide bonds. The quantitative estimate of drug-likeness (QED) is 0.860. The third kappa shape index (κ3) is 3.47. The lowest BCUT2D eigenvalue weighted by Gasteiger charge is -2.20. The highest BCUT2D eigenvalue weighted by molar-refractivity contribution is 6.31. The van der Waals surface area contributed by atoms with Crippen LogP contribution >= 0.6 is 11.6 Å². The van der Waals surface area contributed by atoms with E-state index in [1.165, 1.54) is 0 Å². The van der Waals surface area contributed by atoms with Crippen LogP contribution in [0.5, 0.6) is 0 Å². The van der Waals surface area contributed by atoms with Crippen molar-refractivity contribution >= 4 is 17.5 Å². The molecule has 0 aromatic heterocycles. The summed E-state index contributed by atoms with van der Waals surface area (Å²) in [6, 6.07) is 7.94. The van der Waals surface area contributed by atoms with E-state index in [2.05, 4.69) is 10.6 Å². The minimum absolute atomic E-state index is 0.0543. The molecule has 0 spiro atoms. The van der Waals surface area contributed by atoms with Gasteiger partial charge in [-0.2, -0.15) is 0 Å². The zero-order chi connectivity index (χ0) is 13.1. The van der Waals surface area contributed by atoms with Gasteiger partial charge in [0.05, 0.1) is 6.04 Å². The minimum atomic E-state index is -0.211. The lowest BCUT2D eigenvalue weighted by atomic mass is 10.1. The highest BCUT2D eigenvalue weighted by atomic mass is 35.5. The van der Waals surface area contributed by atoms with Crippen LogP contribution in [-0.2, 0) is 4.79 Å². The van der Waals surface area contributed by atoms with E-state index in [0.717, 1.165) is 23.4 Å². The first-order valence-corrected chi connectivity index (χ1v) is 6.76. The van der Waals surface area contributed by atoms with Gasteiger partial charge < -0.3 is 5.32 Å². The molecular formula is C14H19ClN2O. The van der Waals surface area contributed by atoms with E-state index in [1.807, 2.05) is 38.1 Å². The summed E-state index contributed by atoms with van der Waals surface area (Å²) >= 11 is 6.14. The van der Waals surface area contributed by atoms with Crippen LogP contribution in [-0.4, -0.2) is 18.0 Å². The van der Waals surface area contributed by atoms with Gasteiger partial charge in [-0.1, -0.05) is 29.8 Å². The number of nitrogens with one attached hydrogen (secondary N) is 2. The van der Waals surface area contributed by atoms with E-state index in [0.29, 0.717) is 6.04 Å². The number of rotatable bonds is 5. The molecule has 0 aliphatic heterocycles. The monoisotopic (exact) mass is 266 g/mol. The molecule has 18 heavy (non-hydrogen) atoms. The van der Waals surface area contributed by atoms with Gasteiger partial charge in [0.25, 0.3) is 0 Å². The Labute approximate surface area is 113 Å². The molecule has 1 aliphatic carbocycles. The summed E-state index contributed by atoms with van der Waals surface area (Å²) in [7, 11) is 0. The molecule has 2 N–H and O–H groups in total. The number of amides is 1. The SMILES string of the molecule is C[C@@H](N[C@H](C)c1ccccc1Cl)C(=O)NC1CC1. The fourth-order valence-corrected chi connectivity index (χ4v) is 2.22. The Morgan fingerprint density at radius 3 is 2.61 bits per heavy atom. The average Bonchev–Trinajstić information content (AvgIpc) is 3.13. The van der Waals surface area contributed by atoms with Crippen LogP contribution in [0, 0.1) is 0 Å². The summed E-state index contributed by atoms with van der Waals surface area (Å²) in [4.78, 5) is 11.8. The number of benzene rings is 1. The van der Waals surface area contributed by atoms with E-state index in [-0.39, 0.29) is 18.0 Å². The van der Waals surface area contributed by atoms with Crippen LogP contribution in [0.1, 0.15) is 38.3 Å². The fraction of sp³-hybridized carbons (Fsp3) is 0.500. The van der Waals surface area contributed by atoms with Crippen LogP contribution in [0.2, 0.25) is 5.02 Å². The third-order valence-electron chi connectivity index (χ3n) is 3.19. The molecule has 0 saturated heterocycles. The summed E-state index contributed by atoms with van der Waals surface area (Å²) in [5.41, 5.74) is 1.02. The molecule has 1 aromatic carbocycles. The fourth-order valence-electron chi connectivity index (χ4n) is 1.92. The van der Waals surface area contributed by atoms with Crippen molar-refractivity contribution in [1.82, 2.24) is 10.6 Å². The van der Waals surface area contributed by atoms with Crippen molar-refractivity contribution in [3.8, 4) is 0 Å². The number of hydrogen-bond acceptors (Lipinski definition) is 2. The Morgan fingerprint density at radius 1 is 1.33 bits per heavy atom. The lowest BCUT2D eigenvalue weighted by molar-refractivity contribution is -0.123. The van der Waals surface area contributed by atoms with Gasteiger partial charge in [0.15, 0.2) is 0 Å². The Balaban J connectivity index is 1.91. The number of hydrogen-bond donors (Lipinski definition) is 2. The summed E-state index contributed by atoms with van der Waals surface area (Å²) in [6.45, 7) is 3.90. The first kappa shape index (κ1) is 13.4. The molecule has 4 heteroatoms. The smallest absolute Gasteiger partial charge is 0.237 e. The van der Waals surface area contributed by atoms with E-state index >= 15 is 0 Å². The van der Waals surface area contributed by atoms with Gasteiger partial charge in [-0.25, -0.2) is 0 Å². The predicted octanol–water partition coefficient (Wildman–Crippen LogP) is 2.66. The van der Waals surface area contributed by atoms with E-state index in [1.54, 1.807) is 0 Å². The van der Waals surface area contributed by atoms with Gasteiger partial charge in [0.1, 0.15) is 0 Å². The van der Waals surface area contributed by atoms with Crippen molar-refractivity contribution in [3.05, 3.63) is 34.9 Å². The van der Waals surface area contributed by atoms with Gasteiger partial charge in [0, 0.05) is 17.1 Å². The Hall–Kier alpha value is -1.06. The van der Waals surface area contributed by atoms with Gasteiger partial charge in [-0.15, -0.1) is 0 Å². The lowest BCUT2D eigenvalue weighted by Crippen LogP contribution is -2.43. The first-order chi connectivity index (χ1) is 8.58. The molecule has 0 heterocycles. The zero-order valence-corrected chi connectivity index (χ0v) is 11.5. The third-order valence-corrected chi connectivity index (χ3v) is 3.53. The van der Waals surface area contributed by atoms with E-state index in [9.17, 15) is 4.79 Å². The molecular weight excluding hydrogens is 248 g/mol. The van der Waals surface area contributed by atoms with Crippen LogP contribution in [0.25, 0.3) is 0 Å². The largest absolute Gasteiger partial charge is 0.352 e. The maximum Gasteiger partial charge on any atom is 0.237 e. The molecule has 98 valence electrons. The second-order valence-corrected chi connectivity index (χ2v) is 5.32. The molecule has 0 radical (unpaired) electrons. The molecule has 3 nitrogen and oxygen atoms in total. The minimum Gasteiger partial charge on any atom is -0.352 e. The van der Waals surface area contributed by atoms with Crippen LogP contribution in [0.4, 0.5) is 0 Å². The van der Waals surface area contributed by atoms with Gasteiger partial charge in [-0.05, 0) is 38.3 Å². The van der Waals surface area contributed by atoms with Crippen molar-refractivity contribution in [2.24, 2.45) is 0 Å². The van der Waals surface area contributed by atoms with Gasteiger partial charge in [0.2, 0.25) is 5.91 Å². The summed E-state index contributed by atoms with van der Waals surface area (Å²) in [5.74, 6) is 0.0661. The van der Waals surface area contributed by atoms with Crippen molar-refractivity contribution in [2.45, 2.75) is 44.8 Å². The Kier molecular flexibility index (Phi) is 4.25. The molecule has 1 fully saturated rings. The maximum atomic E-state index is 11.8. The topological polar surface area (TPSA) is 41.1 Å². The van der Waals surface area contributed by atoms with Gasteiger partial charge in [-0.3, -0.25) is 10.1 Å². The number of carbonyl (C=O) groups is 1. The molecule has 0 bridgehead atoms. The second-order valence-electron chi connectivity index (χ2n) is 4.91. The van der Waals surface area contributed by atoms with Crippen molar-refractivity contribution < 1.29 is 4.79 Å². The number of carbonyl (C=O) groups excluding carboxylic acids is 1. The summed E-state index contributed by atoms with van der Waals surface area (Å²) in [5, 5.41) is 6.99. The van der Waals surface area contributed by atoms with Crippen molar-refractivity contribution in [2.75, 3.05) is 0 Å². The van der Waals surface area contributed by atoms with Crippen LogP contribution in [0.3, 0.4) is 0 Å². The second kappa shape index (κ2) is 5.72. The van der Waals surface area contributed by atoms with Crippen molar-refractivity contribution in [3.63, 3.8) is 0 Å². The number of halogens is 1. The first-order valence-electron chi connectivity index (χ1n) is 6.39. The Morgan fingerprint density at radius 2 is 2.00 bits per heavy atom. The molecule has 1 aromatic rings. The Bertz CT molecular complexity index is 432. The predicted molar refractivity (Wildman–Crippen MR) is 73.6 cm³/mol. The maximum absolute atomic E-state index is 11.8. The molecule has 2 rings (SSSR count). The van der Waals surface area contributed by atoms with E-state index < -0.39 is 0 Å². The zero-order valence-electron chi connectivity index (χ0n) is 10.7. The van der Waals surface area contributed by atoms with Crippen molar-refractivity contribution in [1.29, 1.82) is 0 Å². The normalized spacial score (nSPS) is 18.2. The highest BCUT2D eigenvalue weighted by Crippen LogP contribution is 2.23. The molecule has 2 atom stereocenters. The summed E-state index contributed by atoms with van der Waals surface area (Å²) in [6.07, 6.45) is 2.22. The summed E-state index contributed by atoms with van der Waals surface area (Å²) < 4.78 is 0.